The zero-order valence-corrected chi connectivity index (χ0v) is 27.1. The van der Waals surface area contributed by atoms with Crippen LogP contribution in [0.25, 0.3) is 22.5 Å². The highest BCUT2D eigenvalue weighted by atomic mass is 35.5. The molecule has 7 nitrogen and oxygen atoms in total. The van der Waals surface area contributed by atoms with Crippen molar-refractivity contribution < 1.29 is 8.78 Å². The van der Waals surface area contributed by atoms with Gasteiger partial charge in [-0.1, -0.05) is 23.2 Å². The van der Waals surface area contributed by atoms with Crippen molar-refractivity contribution >= 4 is 23.2 Å². The molecule has 0 atom stereocenters. The maximum absolute atomic E-state index is 13.9. The lowest BCUT2D eigenvalue weighted by Gasteiger charge is -2.25. The van der Waals surface area contributed by atoms with Gasteiger partial charge in [-0.25, -0.2) is 18.7 Å². The van der Waals surface area contributed by atoms with Gasteiger partial charge in [-0.05, 0) is 108 Å². The molecule has 2 aliphatic heterocycles. The Bertz CT molecular complexity index is 1480. The second-order valence-corrected chi connectivity index (χ2v) is 13.0. The number of benzene rings is 2. The Labute approximate surface area is 273 Å². The van der Waals surface area contributed by atoms with Crippen molar-refractivity contribution in [3.8, 4) is 22.5 Å². The summed E-state index contributed by atoms with van der Waals surface area (Å²) in [4.78, 5) is 10.1. The lowest BCUT2D eigenvalue weighted by atomic mass is 9.97. The van der Waals surface area contributed by atoms with Crippen LogP contribution in [-0.4, -0.2) is 58.4 Å². The molecule has 11 heteroatoms. The van der Waals surface area contributed by atoms with Crippen LogP contribution in [0.2, 0.25) is 10.0 Å². The van der Waals surface area contributed by atoms with E-state index < -0.39 is 11.6 Å². The van der Waals surface area contributed by atoms with Gasteiger partial charge in [0, 0.05) is 54.5 Å². The minimum absolute atomic E-state index is 0.106. The second-order valence-electron chi connectivity index (χ2n) is 12.2. The van der Waals surface area contributed by atoms with E-state index in [1.807, 2.05) is 7.05 Å². The average molecular weight is 657 g/mol. The number of aryl methyl sites for hydroxylation is 2. The molecule has 6 rings (SSSR count). The maximum Gasteiger partial charge on any atom is 0.141 e. The van der Waals surface area contributed by atoms with Crippen LogP contribution >= 0.6 is 23.2 Å². The van der Waals surface area contributed by atoms with Gasteiger partial charge < -0.3 is 25.1 Å². The van der Waals surface area contributed by atoms with Crippen molar-refractivity contribution in [1.29, 1.82) is 0 Å². The Hall–Kier alpha value is -2.82. The van der Waals surface area contributed by atoms with Crippen molar-refractivity contribution in [1.82, 2.24) is 35.1 Å². The van der Waals surface area contributed by atoms with Crippen molar-refractivity contribution in [3.63, 3.8) is 0 Å². The second kappa shape index (κ2) is 14.7. The molecule has 0 amide bonds. The topological polar surface area (TPSA) is 71.7 Å². The first-order valence-corrected chi connectivity index (χ1v) is 16.8. The molecule has 3 N–H and O–H groups in total. The predicted molar refractivity (Wildman–Crippen MR) is 177 cm³/mol. The summed E-state index contributed by atoms with van der Waals surface area (Å²) in [7, 11) is 2.02. The van der Waals surface area contributed by atoms with E-state index in [9.17, 15) is 8.78 Å². The summed E-state index contributed by atoms with van der Waals surface area (Å²) in [5.41, 5.74) is 3.29. The lowest BCUT2D eigenvalue weighted by Crippen LogP contribution is -2.31. The number of nitrogens with zero attached hydrogens (tertiary/aromatic N) is 4. The van der Waals surface area contributed by atoms with Crippen LogP contribution in [0.4, 0.5) is 8.78 Å². The van der Waals surface area contributed by atoms with Crippen LogP contribution in [0.15, 0.2) is 48.8 Å². The van der Waals surface area contributed by atoms with Crippen LogP contribution < -0.4 is 16.0 Å². The van der Waals surface area contributed by atoms with Crippen molar-refractivity contribution in [2.24, 2.45) is 0 Å². The number of rotatable bonds is 11. The van der Waals surface area contributed by atoms with E-state index in [2.05, 4.69) is 37.5 Å². The molecule has 4 aromatic rings. The lowest BCUT2D eigenvalue weighted by molar-refractivity contribution is 0.390. The summed E-state index contributed by atoms with van der Waals surface area (Å²) in [5.74, 6) is 2.08. The van der Waals surface area contributed by atoms with Gasteiger partial charge in [0.2, 0.25) is 0 Å². The molecule has 0 radical (unpaired) electrons. The molecule has 2 fully saturated rings. The van der Waals surface area contributed by atoms with Crippen LogP contribution in [0.5, 0.6) is 0 Å². The monoisotopic (exact) mass is 655 g/mol. The first-order chi connectivity index (χ1) is 21.9. The van der Waals surface area contributed by atoms with Gasteiger partial charge in [0.15, 0.2) is 0 Å². The normalized spacial score (nSPS) is 16.6. The summed E-state index contributed by atoms with van der Waals surface area (Å²) in [5, 5.41) is 10.7. The van der Waals surface area contributed by atoms with Gasteiger partial charge >= 0.3 is 0 Å². The van der Waals surface area contributed by atoms with E-state index in [1.165, 1.54) is 12.1 Å². The first kappa shape index (κ1) is 32.1. The van der Waals surface area contributed by atoms with E-state index in [1.54, 1.807) is 24.3 Å². The zero-order valence-electron chi connectivity index (χ0n) is 25.6. The molecule has 2 aromatic heterocycles. The molecule has 0 spiro atoms. The first-order valence-electron chi connectivity index (χ1n) is 16.0. The highest BCUT2D eigenvalue weighted by molar-refractivity contribution is 6.31. The van der Waals surface area contributed by atoms with Crippen LogP contribution in [0.3, 0.4) is 0 Å². The highest BCUT2D eigenvalue weighted by Gasteiger charge is 2.24. The molecule has 0 saturated carbocycles. The molecular formula is C34H41Cl2F2N7. The Morgan fingerprint density at radius 2 is 1.18 bits per heavy atom. The maximum atomic E-state index is 13.9. The largest absolute Gasteiger partial charge is 0.334 e. The van der Waals surface area contributed by atoms with Crippen molar-refractivity contribution in [3.05, 3.63) is 82.1 Å². The van der Waals surface area contributed by atoms with Gasteiger partial charge in [-0.3, -0.25) is 0 Å². The molecule has 2 aromatic carbocycles. The fraction of sp³-hybridized carbons (Fsp3) is 0.471. The standard InChI is InChI=1S/C34H41Cl2F2N7/c1-39-26(10-16-44-20-31(24-2-4-29(37)27(35)18-24)42-33(44)22-6-12-40-13-7-22)11-17-45-21-32(25-3-5-30(38)28(36)19-25)43-34(45)23-8-14-41-15-9-23/h2-5,18-23,26,39-41H,6-17H2,1H3. The number of imidazole rings is 2. The number of hydrogen-bond donors (Lipinski definition) is 3. The SMILES string of the molecule is CNC(CCn1cc(-c2ccc(F)c(Cl)c2)nc1C1CCNCC1)CCn1cc(-c2ccc(F)c(Cl)c2)nc1C1CCNCC1. The molecular weight excluding hydrogens is 615 g/mol. The summed E-state index contributed by atoms with van der Waals surface area (Å²) in [6.45, 7) is 5.54. The minimum Gasteiger partial charge on any atom is -0.334 e. The third-order valence-electron chi connectivity index (χ3n) is 9.30. The Balaban J connectivity index is 1.19. The third kappa shape index (κ3) is 7.60. The van der Waals surface area contributed by atoms with Crippen LogP contribution in [0, 0.1) is 11.6 Å². The van der Waals surface area contributed by atoms with Gasteiger partial charge in [-0.15, -0.1) is 0 Å². The molecule has 0 aliphatic carbocycles. The van der Waals surface area contributed by atoms with E-state index in [4.69, 9.17) is 33.2 Å². The number of nitrogens with one attached hydrogen (secondary N) is 3. The molecule has 2 aliphatic rings. The van der Waals surface area contributed by atoms with Crippen LogP contribution in [-0.2, 0) is 13.1 Å². The third-order valence-corrected chi connectivity index (χ3v) is 9.88. The Morgan fingerprint density at radius 3 is 1.56 bits per heavy atom. The Morgan fingerprint density at radius 1 is 0.756 bits per heavy atom. The van der Waals surface area contributed by atoms with Crippen molar-refractivity contribution in [2.45, 2.75) is 69.5 Å². The minimum atomic E-state index is -0.426. The zero-order chi connectivity index (χ0) is 31.3. The van der Waals surface area contributed by atoms with Gasteiger partial charge in [0.25, 0.3) is 0 Å². The smallest absolute Gasteiger partial charge is 0.141 e. The molecule has 4 heterocycles. The van der Waals surface area contributed by atoms with Crippen molar-refractivity contribution in [2.75, 3.05) is 33.2 Å². The number of piperidine rings is 2. The van der Waals surface area contributed by atoms with Gasteiger partial charge in [0.1, 0.15) is 23.3 Å². The molecule has 0 unspecified atom stereocenters. The summed E-state index contributed by atoms with van der Waals surface area (Å²) in [6.07, 6.45) is 10.2. The summed E-state index contributed by atoms with van der Waals surface area (Å²) in [6, 6.07) is 9.89. The average Bonchev–Trinajstić information content (AvgIpc) is 3.70. The summed E-state index contributed by atoms with van der Waals surface area (Å²) < 4.78 is 32.4. The molecule has 45 heavy (non-hydrogen) atoms. The van der Waals surface area contributed by atoms with Gasteiger partial charge in [0.05, 0.1) is 21.4 Å². The van der Waals surface area contributed by atoms with Gasteiger partial charge in [-0.2, -0.15) is 0 Å². The summed E-state index contributed by atoms with van der Waals surface area (Å²) >= 11 is 12.2. The quantitative estimate of drug-likeness (QED) is 0.162. The Kier molecular flexibility index (Phi) is 10.5. The molecule has 0 bridgehead atoms. The van der Waals surface area contributed by atoms with E-state index in [0.717, 1.165) is 112 Å². The van der Waals surface area contributed by atoms with E-state index >= 15 is 0 Å². The number of halogens is 4. The highest BCUT2D eigenvalue weighted by Crippen LogP contribution is 2.32. The fourth-order valence-electron chi connectivity index (χ4n) is 6.64. The van der Waals surface area contributed by atoms with E-state index in [-0.39, 0.29) is 16.1 Å². The van der Waals surface area contributed by atoms with E-state index in [0.29, 0.717) is 11.8 Å². The van der Waals surface area contributed by atoms with Crippen LogP contribution in [0.1, 0.15) is 62.0 Å². The number of aromatic nitrogens is 4. The molecule has 240 valence electrons. The molecule has 2 saturated heterocycles. The fourth-order valence-corrected chi connectivity index (χ4v) is 7.00. The number of hydrogen-bond acceptors (Lipinski definition) is 5. The predicted octanol–water partition coefficient (Wildman–Crippen LogP) is 7.00.